The van der Waals surface area contributed by atoms with Gasteiger partial charge >= 0.3 is 5.97 Å². The summed E-state index contributed by atoms with van der Waals surface area (Å²) in [4.78, 5) is 15.2. The van der Waals surface area contributed by atoms with E-state index in [-0.39, 0.29) is 18.4 Å². The molecule has 1 aromatic heterocycles. The number of likely N-dealkylation sites (N-methyl/N-ethyl adjacent to an activating group) is 1. The van der Waals surface area contributed by atoms with E-state index in [4.69, 9.17) is 9.47 Å². The third-order valence-electron chi connectivity index (χ3n) is 5.16. The van der Waals surface area contributed by atoms with Crippen LogP contribution in [0.2, 0.25) is 0 Å². The number of methoxy groups -OCH3 is 1. The molecule has 156 valence electrons. The maximum absolute atomic E-state index is 13.0. The van der Waals surface area contributed by atoms with Gasteiger partial charge in [0, 0.05) is 23.3 Å². The predicted molar refractivity (Wildman–Crippen MR) is 120 cm³/mol. The molecule has 0 atom stereocenters. The van der Waals surface area contributed by atoms with Crippen LogP contribution in [0.3, 0.4) is 0 Å². The summed E-state index contributed by atoms with van der Waals surface area (Å²) in [5.41, 5.74) is 3.43. The summed E-state index contributed by atoms with van der Waals surface area (Å²) in [6, 6.07) is 15.8. The Morgan fingerprint density at radius 1 is 1.07 bits per heavy atom. The van der Waals surface area contributed by atoms with E-state index in [0.29, 0.717) is 12.2 Å². The molecular weight excluding hydrogens is 388 g/mol. The van der Waals surface area contributed by atoms with Crippen LogP contribution in [0, 0.1) is 6.92 Å². The maximum Gasteiger partial charge on any atom is 0.340 e. The molecule has 0 saturated heterocycles. The fraction of sp³-hybridized carbons (Fsp3) is 0.348. The maximum atomic E-state index is 13.0. The van der Waals surface area contributed by atoms with Crippen LogP contribution in [0.5, 0.6) is 5.75 Å². The van der Waals surface area contributed by atoms with Gasteiger partial charge in [-0.2, -0.15) is 0 Å². The molecule has 0 fully saturated rings. The average Bonchev–Trinajstić information content (AvgIpc) is 3.02. The summed E-state index contributed by atoms with van der Waals surface area (Å²) in [5, 5.41) is 0.841. The molecule has 0 radical (unpaired) electrons. The van der Waals surface area contributed by atoms with Crippen LogP contribution >= 0.6 is 12.4 Å². The van der Waals surface area contributed by atoms with Gasteiger partial charge in [0.2, 0.25) is 0 Å². The molecule has 1 heterocycles. The highest BCUT2D eigenvalue weighted by Gasteiger charge is 2.22. The van der Waals surface area contributed by atoms with E-state index in [2.05, 4.69) is 23.3 Å². The van der Waals surface area contributed by atoms with Gasteiger partial charge in [-0.05, 0) is 50.3 Å². The molecule has 0 saturated carbocycles. The first-order valence-electron chi connectivity index (χ1n) is 9.74. The smallest absolute Gasteiger partial charge is 0.340 e. The van der Waals surface area contributed by atoms with E-state index < -0.39 is 0 Å². The highest BCUT2D eigenvalue weighted by Crippen LogP contribution is 2.32. The summed E-state index contributed by atoms with van der Waals surface area (Å²) < 4.78 is 13.1. The largest absolute Gasteiger partial charge is 0.497 e. The van der Waals surface area contributed by atoms with Gasteiger partial charge in [-0.25, -0.2) is 4.79 Å². The SMILES string of the molecule is CCN(CC)CCOC(=O)c1c(C)n(-c2ccccc2)c2ccc(OC)cc12.Cl. The molecule has 2 aromatic carbocycles. The van der Waals surface area contributed by atoms with Crippen molar-refractivity contribution < 1.29 is 14.3 Å². The van der Waals surface area contributed by atoms with Gasteiger partial charge in [0.05, 0.1) is 18.2 Å². The molecule has 0 unspecified atom stereocenters. The monoisotopic (exact) mass is 416 g/mol. The highest BCUT2D eigenvalue weighted by atomic mass is 35.5. The van der Waals surface area contributed by atoms with Crippen LogP contribution in [0.4, 0.5) is 0 Å². The van der Waals surface area contributed by atoms with Crippen LogP contribution in [-0.4, -0.2) is 48.8 Å². The van der Waals surface area contributed by atoms with E-state index in [1.807, 2.05) is 55.5 Å². The Labute approximate surface area is 178 Å². The summed E-state index contributed by atoms with van der Waals surface area (Å²) in [6.07, 6.45) is 0. The first-order valence-corrected chi connectivity index (χ1v) is 9.74. The molecule has 0 aliphatic rings. The Hall–Kier alpha value is -2.50. The third-order valence-corrected chi connectivity index (χ3v) is 5.16. The molecule has 5 nitrogen and oxygen atoms in total. The molecule has 0 aliphatic carbocycles. The zero-order valence-corrected chi connectivity index (χ0v) is 18.3. The van der Waals surface area contributed by atoms with Gasteiger partial charge < -0.3 is 18.9 Å². The Morgan fingerprint density at radius 2 is 1.76 bits per heavy atom. The van der Waals surface area contributed by atoms with Crippen LogP contribution in [0.25, 0.3) is 16.6 Å². The summed E-state index contributed by atoms with van der Waals surface area (Å²) in [7, 11) is 1.63. The van der Waals surface area contributed by atoms with Crippen molar-refractivity contribution in [2.75, 3.05) is 33.4 Å². The molecule has 0 spiro atoms. The highest BCUT2D eigenvalue weighted by molar-refractivity contribution is 6.07. The minimum atomic E-state index is -0.294. The van der Waals surface area contributed by atoms with Crippen LogP contribution in [0.1, 0.15) is 29.9 Å². The lowest BCUT2D eigenvalue weighted by molar-refractivity contribution is 0.0468. The summed E-state index contributed by atoms with van der Waals surface area (Å²) in [6.45, 7) is 9.17. The van der Waals surface area contributed by atoms with Crippen LogP contribution in [-0.2, 0) is 4.74 Å². The Bertz CT molecular complexity index is 950. The quantitative estimate of drug-likeness (QED) is 0.491. The standard InChI is InChI=1S/C23H28N2O3.ClH/c1-5-24(6-2)14-15-28-23(26)22-17(3)25(18-10-8-7-9-11-18)21-13-12-19(27-4)16-20(21)22;/h7-13,16H,5-6,14-15H2,1-4H3;1H. The van der Waals surface area contributed by atoms with Gasteiger partial charge in [-0.15, -0.1) is 12.4 Å². The molecule has 0 amide bonds. The lowest BCUT2D eigenvalue weighted by Crippen LogP contribution is -2.28. The predicted octanol–water partition coefficient (Wildman–Crippen LogP) is 4.87. The zero-order chi connectivity index (χ0) is 20.1. The van der Waals surface area contributed by atoms with Crippen molar-refractivity contribution in [3.63, 3.8) is 0 Å². The fourth-order valence-corrected chi connectivity index (χ4v) is 3.57. The van der Waals surface area contributed by atoms with Crippen molar-refractivity contribution in [1.82, 2.24) is 9.47 Å². The molecular formula is C23H29ClN2O3. The molecule has 6 heteroatoms. The topological polar surface area (TPSA) is 43.7 Å². The molecule has 29 heavy (non-hydrogen) atoms. The number of ether oxygens (including phenoxy) is 2. The van der Waals surface area contributed by atoms with Gasteiger partial charge in [-0.1, -0.05) is 32.0 Å². The van der Waals surface area contributed by atoms with Gasteiger partial charge in [-0.3, -0.25) is 0 Å². The van der Waals surface area contributed by atoms with Crippen molar-refractivity contribution in [2.45, 2.75) is 20.8 Å². The normalized spacial score (nSPS) is 10.8. The molecule has 0 bridgehead atoms. The third kappa shape index (κ3) is 4.74. The first kappa shape index (κ1) is 22.8. The number of carbonyl (C=O) groups is 1. The second-order valence-electron chi connectivity index (χ2n) is 6.68. The van der Waals surface area contributed by atoms with Crippen molar-refractivity contribution in [2.24, 2.45) is 0 Å². The number of carbonyl (C=O) groups excluding carboxylic acids is 1. The fourth-order valence-electron chi connectivity index (χ4n) is 3.57. The zero-order valence-electron chi connectivity index (χ0n) is 17.5. The van der Waals surface area contributed by atoms with Gasteiger partial charge in [0.1, 0.15) is 12.4 Å². The molecule has 0 N–H and O–H groups in total. The minimum absolute atomic E-state index is 0. The molecule has 3 aromatic rings. The lowest BCUT2D eigenvalue weighted by Gasteiger charge is -2.17. The minimum Gasteiger partial charge on any atom is -0.497 e. The molecule has 3 rings (SSSR count). The number of halogens is 1. The molecule has 0 aliphatic heterocycles. The van der Waals surface area contributed by atoms with Crippen molar-refractivity contribution in [3.05, 3.63) is 59.8 Å². The number of hydrogen-bond donors (Lipinski definition) is 0. The van der Waals surface area contributed by atoms with E-state index in [1.165, 1.54) is 0 Å². The van der Waals surface area contributed by atoms with Crippen molar-refractivity contribution in [3.8, 4) is 11.4 Å². The van der Waals surface area contributed by atoms with E-state index in [0.717, 1.165) is 47.7 Å². The van der Waals surface area contributed by atoms with Gasteiger partial charge in [0.25, 0.3) is 0 Å². The van der Waals surface area contributed by atoms with Gasteiger partial charge in [0.15, 0.2) is 0 Å². The van der Waals surface area contributed by atoms with E-state index in [1.54, 1.807) is 7.11 Å². The number of benzene rings is 2. The van der Waals surface area contributed by atoms with Crippen molar-refractivity contribution >= 4 is 29.3 Å². The van der Waals surface area contributed by atoms with Crippen LogP contribution in [0.15, 0.2) is 48.5 Å². The second kappa shape index (κ2) is 10.3. The number of hydrogen-bond acceptors (Lipinski definition) is 4. The Morgan fingerprint density at radius 3 is 2.38 bits per heavy atom. The van der Waals surface area contributed by atoms with Crippen molar-refractivity contribution in [1.29, 1.82) is 0 Å². The van der Waals surface area contributed by atoms with E-state index in [9.17, 15) is 4.79 Å². The second-order valence-corrected chi connectivity index (χ2v) is 6.68. The summed E-state index contributed by atoms with van der Waals surface area (Å²) in [5.74, 6) is 0.424. The average molecular weight is 417 g/mol. The number of fused-ring (bicyclic) bond motifs is 1. The van der Waals surface area contributed by atoms with Crippen LogP contribution < -0.4 is 4.74 Å². The Balaban J connectivity index is 0.00000300. The number of rotatable bonds is 8. The Kier molecular flexibility index (Phi) is 8.11. The number of para-hydroxylation sites is 1. The lowest BCUT2D eigenvalue weighted by atomic mass is 10.1. The number of nitrogens with zero attached hydrogens (tertiary/aromatic N) is 2. The number of aromatic nitrogens is 1. The first-order chi connectivity index (χ1) is 13.6. The number of esters is 1. The van der Waals surface area contributed by atoms with E-state index >= 15 is 0 Å². The summed E-state index contributed by atoms with van der Waals surface area (Å²) >= 11 is 0.